The molecule has 0 unspecified atom stereocenters. The van der Waals surface area contributed by atoms with E-state index in [-0.39, 0.29) is 24.9 Å². The Bertz CT molecular complexity index is 818. The second-order valence-corrected chi connectivity index (χ2v) is 7.70. The van der Waals surface area contributed by atoms with E-state index in [2.05, 4.69) is 20.5 Å². The Morgan fingerprint density at radius 3 is 2.38 bits per heavy atom. The first-order valence-electron chi connectivity index (χ1n) is 9.70. The molecule has 2 aromatic rings. The van der Waals surface area contributed by atoms with Crippen molar-refractivity contribution in [1.82, 2.24) is 9.88 Å². The Balaban J connectivity index is 1.47. The van der Waals surface area contributed by atoms with Crippen LogP contribution in [0.25, 0.3) is 0 Å². The number of thiazole rings is 1. The minimum Gasteiger partial charge on any atom is -0.378 e. The van der Waals surface area contributed by atoms with Gasteiger partial charge in [0, 0.05) is 29.8 Å². The molecule has 1 aliphatic heterocycles. The molecule has 0 atom stereocenters. The van der Waals surface area contributed by atoms with Crippen molar-refractivity contribution in [3.63, 3.8) is 0 Å². The van der Waals surface area contributed by atoms with E-state index in [0.29, 0.717) is 11.7 Å². The predicted octanol–water partition coefficient (Wildman–Crippen LogP) is 2.19. The molecule has 0 radical (unpaired) electrons. The zero-order valence-corrected chi connectivity index (χ0v) is 17.6. The molecular formula is C20H27N5O3S. The van der Waals surface area contributed by atoms with Crippen molar-refractivity contribution in [3.8, 4) is 0 Å². The van der Waals surface area contributed by atoms with Gasteiger partial charge in [-0.25, -0.2) is 4.98 Å². The summed E-state index contributed by atoms with van der Waals surface area (Å²) < 4.78 is 5.37. The third-order valence-electron chi connectivity index (χ3n) is 4.57. The first-order chi connectivity index (χ1) is 14.0. The molecule has 1 saturated heterocycles. The van der Waals surface area contributed by atoms with Crippen molar-refractivity contribution in [2.75, 3.05) is 61.5 Å². The molecule has 0 bridgehead atoms. The summed E-state index contributed by atoms with van der Waals surface area (Å²) in [5.41, 5.74) is 2.73. The minimum absolute atomic E-state index is 0.137. The number of ether oxygens (including phenoxy) is 1. The van der Waals surface area contributed by atoms with Gasteiger partial charge in [-0.3, -0.25) is 14.5 Å². The first-order valence-corrected chi connectivity index (χ1v) is 10.6. The number of rotatable bonds is 8. The molecule has 9 heteroatoms. The highest BCUT2D eigenvalue weighted by molar-refractivity contribution is 7.13. The molecule has 2 amide bonds. The number of nitrogens with one attached hydrogen (secondary N) is 2. The number of morpholine rings is 1. The number of carbonyl (C=O) groups is 2. The first kappa shape index (κ1) is 21.2. The van der Waals surface area contributed by atoms with Crippen LogP contribution in [0.5, 0.6) is 0 Å². The van der Waals surface area contributed by atoms with Crippen molar-refractivity contribution in [2.24, 2.45) is 0 Å². The van der Waals surface area contributed by atoms with Gasteiger partial charge in [-0.2, -0.15) is 0 Å². The van der Waals surface area contributed by atoms with Crippen LogP contribution >= 0.6 is 11.3 Å². The highest BCUT2D eigenvalue weighted by Crippen LogP contribution is 2.19. The smallest absolute Gasteiger partial charge is 0.240 e. The standard InChI is InChI=1S/C20H27N5O3S/c1-3-24(13-19(27)23-20-21-15(2)14-29-20)12-18(26)22-16-4-6-17(7-5-16)25-8-10-28-11-9-25/h4-7,14H,3,8-13H2,1-2H3,(H,22,26)(H,21,23,27). The van der Waals surface area contributed by atoms with E-state index in [1.165, 1.54) is 11.3 Å². The molecule has 1 fully saturated rings. The molecule has 3 rings (SSSR count). The quantitative estimate of drug-likeness (QED) is 0.685. The summed E-state index contributed by atoms with van der Waals surface area (Å²) in [6, 6.07) is 7.80. The number of hydrogen-bond acceptors (Lipinski definition) is 7. The predicted molar refractivity (Wildman–Crippen MR) is 116 cm³/mol. The van der Waals surface area contributed by atoms with Crippen LogP contribution in [0, 0.1) is 6.92 Å². The number of benzene rings is 1. The van der Waals surface area contributed by atoms with Crippen LogP contribution in [0.4, 0.5) is 16.5 Å². The normalized spacial score (nSPS) is 14.1. The van der Waals surface area contributed by atoms with E-state index in [1.54, 1.807) is 4.90 Å². The highest BCUT2D eigenvalue weighted by atomic mass is 32.1. The Morgan fingerprint density at radius 1 is 1.14 bits per heavy atom. The molecule has 1 aromatic heterocycles. The second kappa shape index (κ2) is 10.3. The summed E-state index contributed by atoms with van der Waals surface area (Å²) in [7, 11) is 0. The summed E-state index contributed by atoms with van der Waals surface area (Å²) in [5, 5.41) is 8.12. The molecule has 0 saturated carbocycles. The van der Waals surface area contributed by atoms with Gasteiger partial charge >= 0.3 is 0 Å². The van der Waals surface area contributed by atoms with Crippen LogP contribution in [-0.4, -0.2) is 67.6 Å². The molecule has 156 valence electrons. The molecule has 1 aliphatic rings. The highest BCUT2D eigenvalue weighted by Gasteiger charge is 2.15. The molecule has 2 heterocycles. The number of carbonyl (C=O) groups excluding carboxylic acids is 2. The molecule has 8 nitrogen and oxygen atoms in total. The van der Waals surface area contributed by atoms with E-state index in [9.17, 15) is 9.59 Å². The lowest BCUT2D eigenvalue weighted by atomic mass is 10.2. The number of aryl methyl sites for hydroxylation is 1. The van der Waals surface area contributed by atoms with E-state index >= 15 is 0 Å². The third-order valence-corrected chi connectivity index (χ3v) is 5.45. The van der Waals surface area contributed by atoms with Crippen LogP contribution in [0.1, 0.15) is 12.6 Å². The van der Waals surface area contributed by atoms with Gasteiger partial charge in [0.2, 0.25) is 11.8 Å². The number of hydrogen-bond donors (Lipinski definition) is 2. The Hall–Kier alpha value is -2.49. The number of anilines is 3. The monoisotopic (exact) mass is 417 g/mol. The lowest BCUT2D eigenvalue weighted by Crippen LogP contribution is -2.38. The summed E-state index contributed by atoms with van der Waals surface area (Å²) in [6.45, 7) is 7.90. The zero-order valence-electron chi connectivity index (χ0n) is 16.8. The maximum absolute atomic E-state index is 12.4. The Morgan fingerprint density at radius 2 is 1.79 bits per heavy atom. The van der Waals surface area contributed by atoms with Gasteiger partial charge in [-0.05, 0) is 37.7 Å². The van der Waals surface area contributed by atoms with Crippen molar-refractivity contribution >= 4 is 39.7 Å². The summed E-state index contributed by atoms with van der Waals surface area (Å²) in [5.74, 6) is -0.326. The van der Waals surface area contributed by atoms with Crippen LogP contribution in [-0.2, 0) is 14.3 Å². The van der Waals surface area contributed by atoms with Crippen LogP contribution in [0.15, 0.2) is 29.6 Å². The van der Waals surface area contributed by atoms with Gasteiger partial charge in [-0.15, -0.1) is 11.3 Å². The second-order valence-electron chi connectivity index (χ2n) is 6.84. The van der Waals surface area contributed by atoms with Crippen LogP contribution in [0.3, 0.4) is 0 Å². The fourth-order valence-electron chi connectivity index (χ4n) is 3.03. The van der Waals surface area contributed by atoms with Crippen molar-refractivity contribution in [3.05, 3.63) is 35.3 Å². The van der Waals surface area contributed by atoms with Crippen molar-refractivity contribution < 1.29 is 14.3 Å². The largest absolute Gasteiger partial charge is 0.378 e. The van der Waals surface area contributed by atoms with Gasteiger partial charge in [-0.1, -0.05) is 6.92 Å². The van der Waals surface area contributed by atoms with Crippen LogP contribution < -0.4 is 15.5 Å². The lowest BCUT2D eigenvalue weighted by Gasteiger charge is -2.29. The van der Waals surface area contributed by atoms with Gasteiger partial charge in [0.25, 0.3) is 0 Å². The van der Waals surface area contributed by atoms with Gasteiger partial charge < -0.3 is 20.3 Å². The average Bonchev–Trinajstić information content (AvgIpc) is 3.13. The molecule has 2 N–H and O–H groups in total. The number of amides is 2. The zero-order chi connectivity index (χ0) is 20.6. The lowest BCUT2D eigenvalue weighted by molar-refractivity contribution is -0.119. The van der Waals surface area contributed by atoms with Crippen LogP contribution in [0.2, 0.25) is 0 Å². The van der Waals surface area contributed by atoms with E-state index < -0.39 is 0 Å². The fourth-order valence-corrected chi connectivity index (χ4v) is 3.74. The summed E-state index contributed by atoms with van der Waals surface area (Å²) >= 11 is 1.39. The Kier molecular flexibility index (Phi) is 7.56. The van der Waals surface area contributed by atoms with Gasteiger partial charge in [0.15, 0.2) is 5.13 Å². The van der Waals surface area contributed by atoms with E-state index in [0.717, 1.165) is 43.4 Å². The van der Waals surface area contributed by atoms with Crippen molar-refractivity contribution in [1.29, 1.82) is 0 Å². The number of aromatic nitrogens is 1. The maximum atomic E-state index is 12.4. The minimum atomic E-state index is -0.177. The summed E-state index contributed by atoms with van der Waals surface area (Å²) in [6.07, 6.45) is 0. The van der Waals surface area contributed by atoms with Gasteiger partial charge in [0.05, 0.1) is 32.0 Å². The topological polar surface area (TPSA) is 86.8 Å². The van der Waals surface area contributed by atoms with E-state index in [4.69, 9.17) is 4.74 Å². The molecular weight excluding hydrogens is 390 g/mol. The van der Waals surface area contributed by atoms with Crippen molar-refractivity contribution in [2.45, 2.75) is 13.8 Å². The maximum Gasteiger partial charge on any atom is 0.240 e. The molecule has 1 aromatic carbocycles. The number of likely N-dealkylation sites (N-methyl/N-ethyl adjacent to an activating group) is 1. The Labute approximate surface area is 174 Å². The fraction of sp³-hybridized carbons (Fsp3) is 0.450. The molecule has 29 heavy (non-hydrogen) atoms. The summed E-state index contributed by atoms with van der Waals surface area (Å²) in [4.78, 5) is 32.8. The average molecular weight is 418 g/mol. The molecule has 0 aliphatic carbocycles. The van der Waals surface area contributed by atoms with E-state index in [1.807, 2.05) is 43.5 Å². The van der Waals surface area contributed by atoms with Gasteiger partial charge in [0.1, 0.15) is 0 Å². The third kappa shape index (κ3) is 6.52. The molecule has 0 spiro atoms. The SMILES string of the molecule is CCN(CC(=O)Nc1ccc(N2CCOCC2)cc1)CC(=O)Nc1nc(C)cs1. The number of nitrogens with zero attached hydrogens (tertiary/aromatic N) is 3.